The van der Waals surface area contributed by atoms with E-state index in [9.17, 15) is 0 Å². The Kier molecular flexibility index (Phi) is 3.67. The third-order valence-corrected chi connectivity index (χ3v) is 4.32. The van der Waals surface area contributed by atoms with Gasteiger partial charge < -0.3 is 10.2 Å². The highest BCUT2D eigenvalue weighted by atomic mass is 79.9. The molecular weight excluding hydrogens is 354 g/mol. The Hall–Kier alpha value is -2.47. The summed E-state index contributed by atoms with van der Waals surface area (Å²) in [6.45, 7) is 0.878. The molecule has 23 heavy (non-hydrogen) atoms. The second kappa shape index (κ2) is 5.96. The molecule has 3 aromatic rings. The quantitative estimate of drug-likeness (QED) is 0.755. The summed E-state index contributed by atoms with van der Waals surface area (Å²) in [6, 6.07) is 16.3. The molecule has 5 nitrogen and oxygen atoms in total. The van der Waals surface area contributed by atoms with Crippen molar-refractivity contribution in [3.05, 3.63) is 64.8 Å². The molecule has 0 unspecified atom stereocenters. The lowest BCUT2D eigenvalue weighted by molar-refractivity contribution is 0.887. The zero-order chi connectivity index (χ0) is 15.6. The number of anilines is 4. The zero-order valence-electron chi connectivity index (χ0n) is 12.3. The average Bonchev–Trinajstić information content (AvgIpc) is 3.01. The van der Waals surface area contributed by atoms with Gasteiger partial charge in [-0.25, -0.2) is 0 Å². The van der Waals surface area contributed by atoms with E-state index < -0.39 is 0 Å². The summed E-state index contributed by atoms with van der Waals surface area (Å²) in [6.07, 6.45) is 2.64. The fraction of sp³-hybridized carbons (Fsp3) is 0.118. The highest BCUT2D eigenvalue weighted by Crippen LogP contribution is 2.32. The zero-order valence-corrected chi connectivity index (χ0v) is 13.9. The number of hydrogen-bond donors (Lipinski definition) is 1. The van der Waals surface area contributed by atoms with Crippen LogP contribution in [-0.2, 0) is 6.42 Å². The van der Waals surface area contributed by atoms with Gasteiger partial charge in [0.25, 0.3) is 5.95 Å². The van der Waals surface area contributed by atoms with Gasteiger partial charge in [0.15, 0.2) is 5.82 Å². The van der Waals surface area contributed by atoms with Crippen molar-refractivity contribution >= 4 is 39.1 Å². The van der Waals surface area contributed by atoms with E-state index in [1.165, 1.54) is 5.56 Å². The predicted molar refractivity (Wildman–Crippen MR) is 94.4 cm³/mol. The SMILES string of the molecule is Brc1ccc(Nc2cnnc(N3CCc4ccccc43)n2)cc1. The van der Waals surface area contributed by atoms with Crippen LogP contribution >= 0.6 is 15.9 Å². The van der Waals surface area contributed by atoms with Crippen LogP contribution in [0.15, 0.2) is 59.2 Å². The van der Waals surface area contributed by atoms with Gasteiger partial charge in [-0.2, -0.15) is 10.1 Å². The molecule has 1 aliphatic rings. The lowest BCUT2D eigenvalue weighted by Gasteiger charge is -2.17. The smallest absolute Gasteiger partial charge is 0.251 e. The van der Waals surface area contributed by atoms with Crippen LogP contribution in [-0.4, -0.2) is 21.7 Å². The predicted octanol–water partition coefficient (Wildman–Crippen LogP) is 4.07. The molecule has 2 aromatic carbocycles. The van der Waals surface area contributed by atoms with Crippen molar-refractivity contribution in [1.82, 2.24) is 15.2 Å². The molecule has 1 aromatic heterocycles. The molecule has 1 aliphatic heterocycles. The normalized spacial score (nSPS) is 13.0. The summed E-state index contributed by atoms with van der Waals surface area (Å²) in [5.74, 6) is 1.30. The second-order valence-electron chi connectivity index (χ2n) is 5.30. The summed E-state index contributed by atoms with van der Waals surface area (Å²) < 4.78 is 1.04. The molecule has 0 fully saturated rings. The number of hydrogen-bond acceptors (Lipinski definition) is 5. The molecule has 0 bridgehead atoms. The summed E-state index contributed by atoms with van der Waals surface area (Å²) in [5, 5.41) is 11.5. The second-order valence-corrected chi connectivity index (χ2v) is 6.22. The largest absolute Gasteiger partial charge is 0.339 e. The van der Waals surface area contributed by atoms with Crippen LogP contribution in [0.3, 0.4) is 0 Å². The molecule has 4 rings (SSSR count). The van der Waals surface area contributed by atoms with Gasteiger partial charge in [-0.15, -0.1) is 5.10 Å². The maximum atomic E-state index is 4.60. The Morgan fingerprint density at radius 1 is 1.04 bits per heavy atom. The molecule has 1 N–H and O–H groups in total. The van der Waals surface area contributed by atoms with Gasteiger partial charge in [0.2, 0.25) is 0 Å². The fourth-order valence-electron chi connectivity index (χ4n) is 2.70. The van der Waals surface area contributed by atoms with Gasteiger partial charge in [-0.1, -0.05) is 34.1 Å². The van der Waals surface area contributed by atoms with Gasteiger partial charge in [0.1, 0.15) is 0 Å². The van der Waals surface area contributed by atoms with Gasteiger partial charge in [-0.3, -0.25) is 0 Å². The lowest BCUT2D eigenvalue weighted by Crippen LogP contribution is -2.17. The van der Waals surface area contributed by atoms with E-state index in [1.54, 1.807) is 6.20 Å². The van der Waals surface area contributed by atoms with Gasteiger partial charge in [-0.05, 0) is 42.3 Å². The van der Waals surface area contributed by atoms with Crippen molar-refractivity contribution in [3.63, 3.8) is 0 Å². The van der Waals surface area contributed by atoms with Crippen LogP contribution in [0.25, 0.3) is 0 Å². The van der Waals surface area contributed by atoms with Crippen molar-refractivity contribution in [1.29, 1.82) is 0 Å². The van der Waals surface area contributed by atoms with Crippen molar-refractivity contribution in [2.75, 3.05) is 16.8 Å². The van der Waals surface area contributed by atoms with E-state index in [1.807, 2.05) is 30.3 Å². The summed E-state index contributed by atoms with van der Waals surface area (Å²) in [4.78, 5) is 6.71. The van der Waals surface area contributed by atoms with Gasteiger partial charge in [0.05, 0.1) is 6.20 Å². The molecule has 0 amide bonds. The Balaban J connectivity index is 1.61. The van der Waals surface area contributed by atoms with Crippen LogP contribution in [0.1, 0.15) is 5.56 Å². The average molecular weight is 368 g/mol. The third-order valence-electron chi connectivity index (χ3n) is 3.79. The van der Waals surface area contributed by atoms with Crippen LogP contribution in [0, 0.1) is 0 Å². The van der Waals surface area contributed by atoms with E-state index in [0.29, 0.717) is 11.8 Å². The van der Waals surface area contributed by atoms with Crippen LogP contribution in [0.5, 0.6) is 0 Å². The van der Waals surface area contributed by atoms with Crippen molar-refractivity contribution in [2.24, 2.45) is 0 Å². The molecule has 0 spiro atoms. The number of aromatic nitrogens is 3. The maximum absolute atomic E-state index is 4.60. The Bertz CT molecular complexity index is 834. The van der Waals surface area contributed by atoms with Crippen LogP contribution < -0.4 is 10.2 Å². The minimum atomic E-state index is 0.622. The van der Waals surface area contributed by atoms with Gasteiger partial charge >= 0.3 is 0 Å². The Morgan fingerprint density at radius 2 is 1.87 bits per heavy atom. The first-order chi connectivity index (χ1) is 11.3. The standard InChI is InChI=1S/C17H14BrN5/c18-13-5-7-14(8-6-13)20-16-11-19-22-17(21-16)23-10-9-12-3-1-2-4-15(12)23/h1-8,11H,9-10H2,(H,20,21,22). The summed E-state index contributed by atoms with van der Waals surface area (Å²) >= 11 is 3.43. The topological polar surface area (TPSA) is 53.9 Å². The Morgan fingerprint density at radius 3 is 2.74 bits per heavy atom. The fourth-order valence-corrected chi connectivity index (χ4v) is 2.96. The van der Waals surface area contributed by atoms with Crippen molar-refractivity contribution in [3.8, 4) is 0 Å². The van der Waals surface area contributed by atoms with Crippen LogP contribution in [0.2, 0.25) is 0 Å². The van der Waals surface area contributed by atoms with E-state index in [2.05, 4.69) is 59.5 Å². The van der Waals surface area contributed by atoms with E-state index in [-0.39, 0.29) is 0 Å². The minimum Gasteiger partial charge on any atom is -0.339 e. The summed E-state index contributed by atoms with van der Waals surface area (Å²) in [7, 11) is 0. The number of benzene rings is 2. The first kappa shape index (κ1) is 14.1. The molecule has 0 atom stereocenters. The van der Waals surface area contributed by atoms with E-state index in [0.717, 1.165) is 28.8 Å². The molecule has 6 heteroatoms. The maximum Gasteiger partial charge on any atom is 0.251 e. The monoisotopic (exact) mass is 367 g/mol. The number of nitrogens with zero attached hydrogens (tertiary/aromatic N) is 4. The Labute approximate surface area is 142 Å². The van der Waals surface area contributed by atoms with E-state index >= 15 is 0 Å². The third kappa shape index (κ3) is 2.90. The molecule has 0 saturated carbocycles. The number of fused-ring (bicyclic) bond motifs is 1. The molecule has 0 saturated heterocycles. The lowest BCUT2D eigenvalue weighted by atomic mass is 10.2. The highest BCUT2D eigenvalue weighted by Gasteiger charge is 2.22. The first-order valence-corrected chi connectivity index (χ1v) is 8.17. The minimum absolute atomic E-state index is 0.622. The van der Waals surface area contributed by atoms with Crippen molar-refractivity contribution in [2.45, 2.75) is 6.42 Å². The molecule has 114 valence electrons. The first-order valence-electron chi connectivity index (χ1n) is 7.37. The highest BCUT2D eigenvalue weighted by molar-refractivity contribution is 9.10. The molecule has 0 radical (unpaired) electrons. The molecular formula is C17H14BrN5. The van der Waals surface area contributed by atoms with Crippen molar-refractivity contribution < 1.29 is 0 Å². The number of rotatable bonds is 3. The molecule has 0 aliphatic carbocycles. The number of para-hydroxylation sites is 1. The molecule has 2 heterocycles. The number of halogens is 1. The van der Waals surface area contributed by atoms with Crippen LogP contribution in [0.4, 0.5) is 23.1 Å². The van der Waals surface area contributed by atoms with E-state index in [4.69, 9.17) is 0 Å². The summed E-state index contributed by atoms with van der Waals surface area (Å²) in [5.41, 5.74) is 3.44. The number of nitrogens with one attached hydrogen (secondary N) is 1. The van der Waals surface area contributed by atoms with Gasteiger partial charge in [0, 0.05) is 22.4 Å².